The van der Waals surface area contributed by atoms with Gasteiger partial charge in [-0.25, -0.2) is 4.99 Å². The van der Waals surface area contributed by atoms with Gasteiger partial charge >= 0.3 is 0 Å². The van der Waals surface area contributed by atoms with E-state index in [1.54, 1.807) is 13.1 Å². The monoisotopic (exact) mass is 298 g/mol. The van der Waals surface area contributed by atoms with Gasteiger partial charge in [-0.05, 0) is 39.1 Å². The fraction of sp³-hybridized carbons (Fsp3) is 0.167. The molecule has 2 rings (SSSR count). The summed E-state index contributed by atoms with van der Waals surface area (Å²) in [6.07, 6.45) is 3.63. The fourth-order valence-electron chi connectivity index (χ4n) is 1.39. The van der Waals surface area contributed by atoms with Crippen molar-refractivity contribution in [3.05, 3.63) is 78.4 Å². The SMILES string of the molecule is C/C=C/C(N)=Nc1ccccc1.CNN.Cc1ccccc1. The van der Waals surface area contributed by atoms with E-state index in [1.165, 1.54) is 5.56 Å². The summed E-state index contributed by atoms with van der Waals surface area (Å²) in [5.74, 6) is 5.13. The first-order valence-electron chi connectivity index (χ1n) is 7.05. The summed E-state index contributed by atoms with van der Waals surface area (Å²) in [7, 11) is 1.65. The van der Waals surface area contributed by atoms with Crippen molar-refractivity contribution >= 4 is 11.5 Å². The lowest BCUT2D eigenvalue weighted by molar-refractivity contribution is 0.900. The van der Waals surface area contributed by atoms with E-state index in [0.717, 1.165) is 5.69 Å². The minimum atomic E-state index is 0.531. The quantitative estimate of drug-likeness (QED) is 0.344. The van der Waals surface area contributed by atoms with Crippen molar-refractivity contribution in [1.29, 1.82) is 0 Å². The Kier molecular flexibility index (Phi) is 12.1. The van der Waals surface area contributed by atoms with Crippen LogP contribution < -0.4 is 17.0 Å². The number of nitrogens with one attached hydrogen (secondary N) is 1. The number of rotatable bonds is 2. The topological polar surface area (TPSA) is 76.4 Å². The number of para-hydroxylation sites is 1. The van der Waals surface area contributed by atoms with E-state index in [4.69, 9.17) is 5.73 Å². The van der Waals surface area contributed by atoms with Crippen LogP contribution in [0.25, 0.3) is 0 Å². The second-order valence-corrected chi connectivity index (χ2v) is 4.32. The largest absolute Gasteiger partial charge is 0.384 e. The van der Waals surface area contributed by atoms with E-state index in [0.29, 0.717) is 5.84 Å². The second kappa shape index (κ2) is 13.5. The Balaban J connectivity index is 0.000000372. The molecular weight excluding hydrogens is 272 g/mol. The lowest BCUT2D eigenvalue weighted by atomic mass is 10.2. The minimum Gasteiger partial charge on any atom is -0.384 e. The van der Waals surface area contributed by atoms with Crippen LogP contribution >= 0.6 is 0 Å². The van der Waals surface area contributed by atoms with Gasteiger partial charge in [0.15, 0.2) is 0 Å². The molecule has 0 saturated carbocycles. The van der Waals surface area contributed by atoms with Crippen LogP contribution in [-0.4, -0.2) is 12.9 Å². The molecule has 5 N–H and O–H groups in total. The smallest absolute Gasteiger partial charge is 0.123 e. The number of benzene rings is 2. The first kappa shape index (κ1) is 19.6. The highest BCUT2D eigenvalue weighted by Gasteiger charge is 1.86. The molecule has 0 heterocycles. The number of aryl methyl sites for hydroxylation is 1. The van der Waals surface area contributed by atoms with Crippen molar-refractivity contribution in [2.75, 3.05) is 7.05 Å². The molecule has 0 aliphatic rings. The van der Waals surface area contributed by atoms with Gasteiger partial charge in [-0.3, -0.25) is 11.3 Å². The van der Waals surface area contributed by atoms with Crippen LogP contribution in [-0.2, 0) is 0 Å². The zero-order valence-corrected chi connectivity index (χ0v) is 13.5. The fourth-order valence-corrected chi connectivity index (χ4v) is 1.39. The third-order valence-corrected chi connectivity index (χ3v) is 2.29. The van der Waals surface area contributed by atoms with Crippen LogP contribution in [0.5, 0.6) is 0 Å². The van der Waals surface area contributed by atoms with Crippen molar-refractivity contribution in [3.8, 4) is 0 Å². The molecule has 22 heavy (non-hydrogen) atoms. The first-order valence-corrected chi connectivity index (χ1v) is 7.05. The van der Waals surface area contributed by atoms with E-state index in [-0.39, 0.29) is 0 Å². The van der Waals surface area contributed by atoms with Gasteiger partial charge in [-0.15, -0.1) is 0 Å². The zero-order chi connectivity index (χ0) is 16.6. The summed E-state index contributed by atoms with van der Waals surface area (Å²) >= 11 is 0. The maximum Gasteiger partial charge on any atom is 0.123 e. The molecular formula is C18H26N4. The highest BCUT2D eigenvalue weighted by molar-refractivity contribution is 5.93. The molecule has 0 radical (unpaired) electrons. The van der Waals surface area contributed by atoms with Gasteiger partial charge in [0.05, 0.1) is 5.69 Å². The number of hydrazine groups is 1. The molecule has 0 saturated heterocycles. The molecule has 4 nitrogen and oxygen atoms in total. The molecule has 4 heteroatoms. The van der Waals surface area contributed by atoms with E-state index < -0.39 is 0 Å². The average Bonchev–Trinajstić information content (AvgIpc) is 2.51. The predicted octanol–water partition coefficient (Wildman–Crippen LogP) is 3.33. The number of amidine groups is 1. The highest BCUT2D eigenvalue weighted by Crippen LogP contribution is 2.09. The molecule has 0 aliphatic heterocycles. The van der Waals surface area contributed by atoms with Crippen LogP contribution in [0.15, 0.2) is 77.8 Å². The molecule has 0 unspecified atom stereocenters. The minimum absolute atomic E-state index is 0.531. The van der Waals surface area contributed by atoms with Crippen molar-refractivity contribution in [2.45, 2.75) is 13.8 Å². The Morgan fingerprint density at radius 3 is 1.82 bits per heavy atom. The second-order valence-electron chi connectivity index (χ2n) is 4.32. The highest BCUT2D eigenvalue weighted by atomic mass is 15.2. The number of hydrogen-bond donors (Lipinski definition) is 3. The van der Waals surface area contributed by atoms with E-state index in [9.17, 15) is 0 Å². The molecule has 2 aromatic carbocycles. The van der Waals surface area contributed by atoms with Crippen molar-refractivity contribution in [2.24, 2.45) is 16.6 Å². The summed E-state index contributed by atoms with van der Waals surface area (Å²) in [4.78, 5) is 4.16. The molecule has 0 fully saturated rings. The number of nitrogens with two attached hydrogens (primary N) is 2. The molecule has 2 aromatic rings. The van der Waals surface area contributed by atoms with Gasteiger partial charge in [-0.1, -0.05) is 60.2 Å². The molecule has 0 amide bonds. The van der Waals surface area contributed by atoms with Crippen LogP contribution in [0.3, 0.4) is 0 Å². The van der Waals surface area contributed by atoms with E-state index in [2.05, 4.69) is 35.3 Å². The van der Waals surface area contributed by atoms with Gasteiger partial charge in [0, 0.05) is 0 Å². The van der Waals surface area contributed by atoms with Crippen molar-refractivity contribution < 1.29 is 0 Å². The Bertz CT molecular complexity index is 534. The van der Waals surface area contributed by atoms with Gasteiger partial charge in [-0.2, -0.15) is 0 Å². The van der Waals surface area contributed by atoms with Crippen LogP contribution in [0.4, 0.5) is 5.69 Å². The lowest BCUT2D eigenvalue weighted by Crippen LogP contribution is -2.13. The van der Waals surface area contributed by atoms with Crippen molar-refractivity contribution in [3.63, 3.8) is 0 Å². The zero-order valence-electron chi connectivity index (χ0n) is 13.5. The third kappa shape index (κ3) is 11.4. The summed E-state index contributed by atoms with van der Waals surface area (Å²) < 4.78 is 0. The molecule has 0 aliphatic carbocycles. The lowest BCUT2D eigenvalue weighted by Gasteiger charge is -1.93. The number of aliphatic imine (C=N–C) groups is 1. The average molecular weight is 298 g/mol. The summed E-state index contributed by atoms with van der Waals surface area (Å²) in [5.41, 5.74) is 10.0. The molecule has 0 aromatic heterocycles. The molecule has 118 valence electrons. The summed E-state index contributed by atoms with van der Waals surface area (Å²) in [6, 6.07) is 19.9. The van der Waals surface area contributed by atoms with Gasteiger partial charge < -0.3 is 5.73 Å². The standard InChI is InChI=1S/C10H12N2.C7H8.CH6N2/c1-2-6-10(11)12-9-7-4-3-5-8-9;1-7-5-3-2-4-6-7;1-3-2/h2-8H,1H3,(H2,11,12);2-6H,1H3;3H,2H2,1H3/b6-2+;;. The van der Waals surface area contributed by atoms with Gasteiger partial charge in [0.1, 0.15) is 5.84 Å². The third-order valence-electron chi connectivity index (χ3n) is 2.29. The maximum absolute atomic E-state index is 5.58. The first-order chi connectivity index (χ1) is 10.6. The predicted molar refractivity (Wildman–Crippen MR) is 97.0 cm³/mol. The van der Waals surface area contributed by atoms with E-state index >= 15 is 0 Å². The molecule has 0 atom stereocenters. The van der Waals surface area contributed by atoms with Gasteiger partial charge in [0.25, 0.3) is 0 Å². The van der Waals surface area contributed by atoms with Crippen molar-refractivity contribution in [1.82, 2.24) is 5.43 Å². The van der Waals surface area contributed by atoms with Gasteiger partial charge in [0.2, 0.25) is 0 Å². The van der Waals surface area contributed by atoms with E-state index in [1.807, 2.05) is 61.5 Å². The summed E-state index contributed by atoms with van der Waals surface area (Å²) in [5, 5.41) is 0. The van der Waals surface area contributed by atoms with Crippen LogP contribution in [0.2, 0.25) is 0 Å². The molecule has 0 spiro atoms. The maximum atomic E-state index is 5.58. The molecule has 0 bridgehead atoms. The Hall–Kier alpha value is -2.43. The number of allylic oxidation sites excluding steroid dienone is 1. The number of nitrogens with zero attached hydrogens (tertiary/aromatic N) is 1. The van der Waals surface area contributed by atoms with Crippen LogP contribution in [0, 0.1) is 6.92 Å². The Morgan fingerprint density at radius 2 is 1.45 bits per heavy atom. The number of hydrogen-bond acceptors (Lipinski definition) is 3. The summed E-state index contributed by atoms with van der Waals surface area (Å²) in [6.45, 7) is 3.99. The normalized spacial score (nSPS) is 10.3. The Morgan fingerprint density at radius 1 is 1.00 bits per heavy atom. The van der Waals surface area contributed by atoms with Crippen LogP contribution in [0.1, 0.15) is 12.5 Å². The Labute approximate surface area is 133 Å².